The first-order chi connectivity index (χ1) is 11.3. The molecular weight excluding hydrogens is 298 g/mol. The van der Waals surface area contributed by atoms with Crippen LogP contribution in [0.5, 0.6) is 11.5 Å². The quantitative estimate of drug-likeness (QED) is 0.931. The lowest BCUT2D eigenvalue weighted by Crippen LogP contribution is -2.28. The van der Waals surface area contributed by atoms with Crippen LogP contribution in [-0.4, -0.2) is 22.8 Å². The summed E-state index contributed by atoms with van der Waals surface area (Å²) in [6, 6.07) is 5.48. The van der Waals surface area contributed by atoms with E-state index in [1.54, 1.807) is 0 Å². The van der Waals surface area contributed by atoms with Gasteiger partial charge < -0.3 is 19.3 Å². The second-order valence-corrected chi connectivity index (χ2v) is 5.78. The minimum atomic E-state index is 0.0744. The van der Waals surface area contributed by atoms with Crippen molar-refractivity contribution in [3.8, 4) is 22.9 Å². The number of ether oxygens (including phenoxy) is 2. The Bertz CT molecular complexity index is 722. The van der Waals surface area contributed by atoms with Crippen LogP contribution in [0.25, 0.3) is 11.4 Å². The molecule has 120 valence electrons. The van der Waals surface area contributed by atoms with Gasteiger partial charge >= 0.3 is 0 Å². The topological polar surface area (TPSA) is 86.5 Å². The molecule has 2 aromatic rings. The van der Waals surface area contributed by atoms with Crippen LogP contribution in [0.2, 0.25) is 0 Å². The van der Waals surface area contributed by atoms with E-state index in [4.69, 9.17) is 14.0 Å². The number of hydrogen-bond acceptors (Lipinski definition) is 6. The number of amides is 1. The molecule has 1 aromatic carbocycles. The normalized spacial score (nSPS) is 16.7. The smallest absolute Gasteiger partial charge is 0.246 e. The highest BCUT2D eigenvalue weighted by Crippen LogP contribution is 2.35. The Morgan fingerprint density at radius 3 is 2.91 bits per heavy atom. The van der Waals surface area contributed by atoms with E-state index in [0.29, 0.717) is 23.2 Å². The number of aromatic nitrogens is 2. The van der Waals surface area contributed by atoms with Crippen molar-refractivity contribution in [1.82, 2.24) is 15.5 Å². The van der Waals surface area contributed by atoms with E-state index in [2.05, 4.69) is 15.5 Å². The van der Waals surface area contributed by atoms with Gasteiger partial charge in [0, 0.05) is 11.5 Å². The van der Waals surface area contributed by atoms with Crippen molar-refractivity contribution >= 4 is 5.91 Å². The van der Waals surface area contributed by atoms with Gasteiger partial charge in [-0.2, -0.15) is 4.98 Å². The van der Waals surface area contributed by atoms with Crippen molar-refractivity contribution in [3.63, 3.8) is 0 Å². The average Bonchev–Trinajstić information content (AvgIpc) is 3.32. The Kier molecular flexibility index (Phi) is 3.61. The van der Waals surface area contributed by atoms with E-state index < -0.39 is 0 Å². The third-order valence-electron chi connectivity index (χ3n) is 4.24. The fourth-order valence-electron chi connectivity index (χ4n) is 2.97. The maximum atomic E-state index is 12.0. The second kappa shape index (κ2) is 5.91. The fourth-order valence-corrected chi connectivity index (χ4v) is 2.97. The van der Waals surface area contributed by atoms with Crippen molar-refractivity contribution < 1.29 is 18.8 Å². The number of nitrogens with one attached hydrogen (secondary N) is 1. The molecule has 23 heavy (non-hydrogen) atoms. The van der Waals surface area contributed by atoms with E-state index in [-0.39, 0.29) is 25.2 Å². The zero-order valence-corrected chi connectivity index (χ0v) is 12.6. The summed E-state index contributed by atoms with van der Waals surface area (Å²) in [6.07, 6.45) is 4.20. The third kappa shape index (κ3) is 2.86. The van der Waals surface area contributed by atoms with E-state index >= 15 is 0 Å². The van der Waals surface area contributed by atoms with Crippen molar-refractivity contribution in [3.05, 3.63) is 24.1 Å². The molecule has 0 spiro atoms. The van der Waals surface area contributed by atoms with Crippen LogP contribution in [0.4, 0.5) is 0 Å². The summed E-state index contributed by atoms with van der Waals surface area (Å²) in [5.74, 6) is 2.44. The molecule has 1 saturated carbocycles. The highest BCUT2D eigenvalue weighted by Gasteiger charge is 2.23. The third-order valence-corrected chi connectivity index (χ3v) is 4.24. The summed E-state index contributed by atoms with van der Waals surface area (Å²) in [5.41, 5.74) is 0.784. The summed E-state index contributed by atoms with van der Waals surface area (Å²) in [4.78, 5) is 16.3. The molecule has 0 bridgehead atoms. The minimum absolute atomic E-state index is 0.0744. The van der Waals surface area contributed by atoms with Crippen LogP contribution >= 0.6 is 0 Å². The van der Waals surface area contributed by atoms with Gasteiger partial charge in [-0.3, -0.25) is 4.79 Å². The van der Waals surface area contributed by atoms with Gasteiger partial charge in [-0.15, -0.1) is 0 Å². The van der Waals surface area contributed by atoms with E-state index in [1.165, 1.54) is 0 Å². The first kappa shape index (κ1) is 14.0. The second-order valence-electron chi connectivity index (χ2n) is 5.78. The molecular formula is C16H17N3O4. The molecule has 7 heteroatoms. The zero-order valence-electron chi connectivity index (χ0n) is 12.6. The number of nitrogens with zero attached hydrogens (tertiary/aromatic N) is 2. The lowest BCUT2D eigenvalue weighted by Gasteiger charge is -2.07. The first-order valence-corrected chi connectivity index (χ1v) is 7.80. The molecule has 7 nitrogen and oxygen atoms in total. The van der Waals surface area contributed by atoms with Gasteiger partial charge in [0.15, 0.2) is 11.5 Å². The lowest BCUT2D eigenvalue weighted by atomic mass is 10.1. The molecule has 4 rings (SSSR count). The fraction of sp³-hybridized carbons (Fsp3) is 0.438. The van der Waals surface area contributed by atoms with Crippen LogP contribution in [0.3, 0.4) is 0 Å². The summed E-state index contributed by atoms with van der Waals surface area (Å²) >= 11 is 0. The van der Waals surface area contributed by atoms with Gasteiger partial charge in [0.05, 0.1) is 6.54 Å². The standard InChI is InChI=1S/C16H17N3O4/c20-16(10-3-1-2-4-10)17-8-14-18-15(19-23-14)11-5-6-12-13(7-11)22-9-21-12/h5-7,10H,1-4,8-9H2,(H,17,20). The monoisotopic (exact) mass is 315 g/mol. The minimum Gasteiger partial charge on any atom is -0.454 e. The van der Waals surface area contributed by atoms with Crippen LogP contribution in [0.15, 0.2) is 22.7 Å². The molecule has 2 aliphatic rings. The average molecular weight is 315 g/mol. The van der Waals surface area contributed by atoms with Gasteiger partial charge in [-0.05, 0) is 31.0 Å². The molecule has 1 fully saturated rings. The number of hydrogen-bond donors (Lipinski definition) is 1. The van der Waals surface area contributed by atoms with Gasteiger partial charge in [0.1, 0.15) is 0 Å². The molecule has 1 amide bonds. The van der Waals surface area contributed by atoms with Gasteiger partial charge in [0.2, 0.25) is 24.4 Å². The number of rotatable bonds is 4. The summed E-state index contributed by atoms with van der Waals surface area (Å²) in [5, 5.41) is 6.82. The number of carbonyl (C=O) groups excluding carboxylic acids is 1. The van der Waals surface area contributed by atoms with Crippen molar-refractivity contribution in [2.75, 3.05) is 6.79 Å². The summed E-state index contributed by atoms with van der Waals surface area (Å²) in [7, 11) is 0. The molecule has 1 aromatic heterocycles. The molecule has 0 saturated heterocycles. The van der Waals surface area contributed by atoms with Gasteiger partial charge in [-0.25, -0.2) is 0 Å². The van der Waals surface area contributed by atoms with E-state index in [1.807, 2.05) is 18.2 Å². The Morgan fingerprint density at radius 2 is 2.04 bits per heavy atom. The van der Waals surface area contributed by atoms with Gasteiger partial charge in [0.25, 0.3) is 0 Å². The Balaban J connectivity index is 1.41. The van der Waals surface area contributed by atoms with Crippen LogP contribution in [-0.2, 0) is 11.3 Å². The highest BCUT2D eigenvalue weighted by atomic mass is 16.7. The first-order valence-electron chi connectivity index (χ1n) is 7.80. The lowest BCUT2D eigenvalue weighted by molar-refractivity contribution is -0.125. The van der Waals surface area contributed by atoms with Crippen LogP contribution < -0.4 is 14.8 Å². The number of carbonyl (C=O) groups is 1. The highest BCUT2D eigenvalue weighted by molar-refractivity contribution is 5.78. The van der Waals surface area contributed by atoms with Crippen LogP contribution in [0, 0.1) is 5.92 Å². The Labute approximate surface area is 133 Å². The molecule has 0 unspecified atom stereocenters. The van der Waals surface area contributed by atoms with E-state index in [9.17, 15) is 4.79 Å². The zero-order chi connectivity index (χ0) is 15.6. The Hall–Kier alpha value is -2.57. The molecule has 2 heterocycles. The van der Waals surface area contributed by atoms with Crippen molar-refractivity contribution in [2.45, 2.75) is 32.2 Å². The summed E-state index contributed by atoms with van der Waals surface area (Å²) in [6.45, 7) is 0.483. The predicted octanol–water partition coefficient (Wildman–Crippen LogP) is 2.27. The van der Waals surface area contributed by atoms with Gasteiger partial charge in [-0.1, -0.05) is 18.0 Å². The maximum absolute atomic E-state index is 12.0. The molecule has 0 radical (unpaired) electrons. The number of benzene rings is 1. The molecule has 1 N–H and O–H groups in total. The van der Waals surface area contributed by atoms with Crippen molar-refractivity contribution in [1.29, 1.82) is 0 Å². The molecule has 1 aliphatic heterocycles. The van der Waals surface area contributed by atoms with Crippen LogP contribution in [0.1, 0.15) is 31.6 Å². The SMILES string of the molecule is O=C(NCc1nc(-c2ccc3c(c2)OCO3)no1)C1CCCC1. The summed E-state index contributed by atoms with van der Waals surface area (Å²) < 4.78 is 15.8. The molecule has 0 atom stereocenters. The Morgan fingerprint density at radius 1 is 1.22 bits per heavy atom. The number of fused-ring (bicyclic) bond motifs is 1. The maximum Gasteiger partial charge on any atom is 0.246 e. The predicted molar refractivity (Wildman–Crippen MR) is 79.7 cm³/mol. The van der Waals surface area contributed by atoms with Crippen molar-refractivity contribution in [2.24, 2.45) is 5.92 Å². The largest absolute Gasteiger partial charge is 0.454 e. The molecule has 1 aliphatic carbocycles. The van der Waals surface area contributed by atoms with E-state index in [0.717, 1.165) is 31.2 Å².